The Morgan fingerprint density at radius 3 is 2.29 bits per heavy atom. The monoisotopic (exact) mass is 435 g/mol. The van der Waals surface area contributed by atoms with Crippen molar-refractivity contribution in [3.8, 4) is 0 Å². The molecule has 31 heavy (non-hydrogen) atoms. The lowest BCUT2D eigenvalue weighted by Gasteiger charge is -2.30. The first-order valence-electron chi connectivity index (χ1n) is 10.3. The van der Waals surface area contributed by atoms with E-state index in [1.165, 1.54) is 4.90 Å². The summed E-state index contributed by atoms with van der Waals surface area (Å²) in [6, 6.07) is 11.7. The fourth-order valence-corrected chi connectivity index (χ4v) is 4.03. The minimum absolute atomic E-state index is 0.0639. The first-order chi connectivity index (χ1) is 14.8. The van der Waals surface area contributed by atoms with Gasteiger partial charge in [0.05, 0.1) is 18.9 Å². The number of carbonyl (C=O) groups excluding carboxylic acids is 2. The van der Waals surface area contributed by atoms with E-state index in [0.717, 1.165) is 41.0 Å². The number of amides is 2. The summed E-state index contributed by atoms with van der Waals surface area (Å²) in [6.45, 7) is 9.10. The molecule has 0 aromatic heterocycles. The van der Waals surface area contributed by atoms with Gasteiger partial charge in [0, 0.05) is 18.8 Å². The molecule has 0 spiro atoms. The van der Waals surface area contributed by atoms with E-state index in [-0.39, 0.29) is 10.7 Å². The number of carbonyl (C=O) groups is 2. The Morgan fingerprint density at radius 1 is 0.935 bits per heavy atom. The Bertz CT molecular complexity index is 1100. The Labute approximate surface area is 187 Å². The summed E-state index contributed by atoms with van der Waals surface area (Å²) >= 11 is 5.30. The number of aryl methyl sites for hydroxylation is 3. The average Bonchev–Trinajstić information content (AvgIpc) is 2.75. The molecule has 2 fully saturated rings. The van der Waals surface area contributed by atoms with Crippen molar-refractivity contribution in [1.29, 1.82) is 0 Å². The maximum atomic E-state index is 13.3. The van der Waals surface area contributed by atoms with E-state index < -0.39 is 11.8 Å². The highest BCUT2D eigenvalue weighted by atomic mass is 32.1. The molecule has 2 aromatic carbocycles. The molecule has 0 aliphatic carbocycles. The SMILES string of the molecule is Cc1ccc(N2C(=O)/C(=C/c3ccc(N4CCOCC4)cc3C)C(=O)NC2=S)cc1C. The summed E-state index contributed by atoms with van der Waals surface area (Å²) in [7, 11) is 0. The summed E-state index contributed by atoms with van der Waals surface area (Å²) in [5, 5.41) is 2.74. The van der Waals surface area contributed by atoms with Crippen LogP contribution >= 0.6 is 12.2 Å². The quantitative estimate of drug-likeness (QED) is 0.456. The largest absolute Gasteiger partial charge is 0.378 e. The second kappa shape index (κ2) is 8.61. The minimum atomic E-state index is -0.480. The number of benzene rings is 2. The number of anilines is 2. The molecule has 160 valence electrons. The number of morpholine rings is 1. The number of thiocarbonyl (C=S) groups is 1. The fraction of sp³-hybridized carbons (Fsp3) is 0.292. The van der Waals surface area contributed by atoms with Crippen LogP contribution in [0.15, 0.2) is 42.0 Å². The first kappa shape index (κ1) is 21.2. The number of hydrogen-bond donors (Lipinski definition) is 1. The Hall–Kier alpha value is -3.03. The van der Waals surface area contributed by atoms with Crippen molar-refractivity contribution in [2.75, 3.05) is 36.1 Å². The zero-order valence-electron chi connectivity index (χ0n) is 17.9. The van der Waals surface area contributed by atoms with Gasteiger partial charge in [-0.3, -0.25) is 19.8 Å². The third-order valence-electron chi connectivity index (χ3n) is 5.78. The highest BCUT2D eigenvalue weighted by molar-refractivity contribution is 7.80. The van der Waals surface area contributed by atoms with Gasteiger partial charge in [-0.05, 0) is 85.6 Å². The summed E-state index contributed by atoms with van der Waals surface area (Å²) < 4.78 is 5.42. The van der Waals surface area contributed by atoms with Gasteiger partial charge < -0.3 is 9.64 Å². The predicted molar refractivity (Wildman–Crippen MR) is 126 cm³/mol. The lowest BCUT2D eigenvalue weighted by molar-refractivity contribution is -0.122. The maximum Gasteiger partial charge on any atom is 0.270 e. The molecule has 0 saturated carbocycles. The summed E-state index contributed by atoms with van der Waals surface area (Å²) in [5.74, 6) is -0.902. The van der Waals surface area contributed by atoms with Gasteiger partial charge in [0.15, 0.2) is 5.11 Å². The smallest absolute Gasteiger partial charge is 0.270 e. The van der Waals surface area contributed by atoms with Gasteiger partial charge in [-0.1, -0.05) is 12.1 Å². The van der Waals surface area contributed by atoms with E-state index in [1.54, 1.807) is 6.08 Å². The Kier molecular flexibility index (Phi) is 5.89. The van der Waals surface area contributed by atoms with Crippen LogP contribution in [-0.4, -0.2) is 43.2 Å². The lowest BCUT2D eigenvalue weighted by atomic mass is 10.0. The van der Waals surface area contributed by atoms with Gasteiger partial charge in [0.2, 0.25) is 0 Å². The third-order valence-corrected chi connectivity index (χ3v) is 6.06. The summed E-state index contributed by atoms with van der Waals surface area (Å²) in [6.07, 6.45) is 1.64. The molecule has 0 atom stereocenters. The summed E-state index contributed by atoms with van der Waals surface area (Å²) in [5.41, 5.74) is 5.80. The highest BCUT2D eigenvalue weighted by Crippen LogP contribution is 2.26. The number of nitrogens with zero attached hydrogens (tertiary/aromatic N) is 2. The van der Waals surface area contributed by atoms with Gasteiger partial charge in [0.1, 0.15) is 5.57 Å². The van der Waals surface area contributed by atoms with E-state index in [0.29, 0.717) is 18.9 Å². The van der Waals surface area contributed by atoms with Crippen LogP contribution < -0.4 is 15.1 Å². The van der Waals surface area contributed by atoms with E-state index >= 15 is 0 Å². The normalized spacial score (nSPS) is 18.5. The molecule has 2 aromatic rings. The first-order valence-corrected chi connectivity index (χ1v) is 10.7. The third kappa shape index (κ3) is 4.24. The predicted octanol–water partition coefficient (Wildman–Crippen LogP) is 3.28. The van der Waals surface area contributed by atoms with Crippen LogP contribution in [0.1, 0.15) is 22.3 Å². The molecule has 0 radical (unpaired) electrons. The molecule has 1 N–H and O–H groups in total. The van der Waals surface area contributed by atoms with Gasteiger partial charge in [-0.2, -0.15) is 0 Å². The summed E-state index contributed by atoms with van der Waals surface area (Å²) in [4.78, 5) is 29.5. The molecule has 0 bridgehead atoms. The van der Waals surface area contributed by atoms with Crippen molar-refractivity contribution in [3.63, 3.8) is 0 Å². The van der Waals surface area contributed by atoms with Crippen molar-refractivity contribution < 1.29 is 14.3 Å². The molecule has 2 aliphatic heterocycles. The van der Waals surface area contributed by atoms with Crippen molar-refractivity contribution in [1.82, 2.24) is 5.32 Å². The van der Waals surface area contributed by atoms with Gasteiger partial charge in [0.25, 0.3) is 11.8 Å². The van der Waals surface area contributed by atoms with Crippen LogP contribution in [0.2, 0.25) is 0 Å². The Balaban J connectivity index is 1.66. The standard InChI is InChI=1S/C24H25N3O3S/c1-15-4-6-20(12-16(15)2)27-23(29)21(22(28)25-24(27)31)14-18-5-7-19(13-17(18)3)26-8-10-30-11-9-26/h4-7,12-14H,8-11H2,1-3H3,(H,25,28,31)/b21-14+. The molecule has 7 heteroatoms. The van der Waals surface area contributed by atoms with E-state index in [4.69, 9.17) is 17.0 Å². The number of ether oxygens (including phenoxy) is 1. The number of hydrogen-bond acceptors (Lipinski definition) is 5. The Morgan fingerprint density at radius 2 is 1.61 bits per heavy atom. The topological polar surface area (TPSA) is 61.9 Å². The minimum Gasteiger partial charge on any atom is -0.378 e. The van der Waals surface area contributed by atoms with E-state index in [1.807, 2.05) is 51.1 Å². The zero-order chi connectivity index (χ0) is 22.1. The van der Waals surface area contributed by atoms with Crippen molar-refractivity contribution in [2.45, 2.75) is 20.8 Å². The molecular weight excluding hydrogens is 410 g/mol. The van der Waals surface area contributed by atoms with Gasteiger partial charge in [-0.25, -0.2) is 0 Å². The molecule has 2 amide bonds. The van der Waals surface area contributed by atoms with Crippen molar-refractivity contribution in [3.05, 3.63) is 64.2 Å². The second-order valence-corrected chi connectivity index (χ2v) is 8.25. The second-order valence-electron chi connectivity index (χ2n) is 7.87. The zero-order valence-corrected chi connectivity index (χ0v) is 18.7. The van der Waals surface area contributed by atoms with Gasteiger partial charge in [-0.15, -0.1) is 0 Å². The molecule has 2 heterocycles. The lowest BCUT2D eigenvalue weighted by Crippen LogP contribution is -2.54. The van der Waals surface area contributed by atoms with Crippen LogP contribution in [0.3, 0.4) is 0 Å². The van der Waals surface area contributed by atoms with Crippen molar-refractivity contribution >= 4 is 46.6 Å². The van der Waals surface area contributed by atoms with Gasteiger partial charge >= 0.3 is 0 Å². The molecule has 4 rings (SSSR count). The van der Waals surface area contributed by atoms with E-state index in [9.17, 15) is 9.59 Å². The van der Waals surface area contributed by atoms with Crippen LogP contribution in [0.5, 0.6) is 0 Å². The van der Waals surface area contributed by atoms with Crippen LogP contribution in [-0.2, 0) is 14.3 Å². The average molecular weight is 436 g/mol. The molecule has 2 saturated heterocycles. The van der Waals surface area contributed by atoms with Crippen LogP contribution in [0, 0.1) is 20.8 Å². The highest BCUT2D eigenvalue weighted by Gasteiger charge is 2.34. The van der Waals surface area contributed by atoms with Crippen LogP contribution in [0.4, 0.5) is 11.4 Å². The molecule has 0 unspecified atom stereocenters. The number of nitrogens with one attached hydrogen (secondary N) is 1. The number of rotatable bonds is 3. The maximum absolute atomic E-state index is 13.3. The van der Waals surface area contributed by atoms with Crippen LogP contribution in [0.25, 0.3) is 6.08 Å². The molecular formula is C24H25N3O3S. The van der Waals surface area contributed by atoms with E-state index in [2.05, 4.69) is 16.3 Å². The molecule has 2 aliphatic rings. The fourth-order valence-electron chi connectivity index (χ4n) is 3.75. The van der Waals surface area contributed by atoms with Crippen molar-refractivity contribution in [2.24, 2.45) is 0 Å². The molecule has 6 nitrogen and oxygen atoms in total.